The van der Waals surface area contributed by atoms with Crippen LogP contribution in [0.5, 0.6) is 5.75 Å². The van der Waals surface area contributed by atoms with Crippen LogP contribution in [-0.4, -0.2) is 26.8 Å². The summed E-state index contributed by atoms with van der Waals surface area (Å²) in [4.78, 5) is 11.8. The van der Waals surface area contributed by atoms with Gasteiger partial charge in [-0.2, -0.15) is 0 Å². The quantitative estimate of drug-likeness (QED) is 0.727. The Morgan fingerprint density at radius 1 is 1.31 bits per heavy atom. The molecule has 0 radical (unpaired) electrons. The first kappa shape index (κ1) is 11.0. The minimum absolute atomic E-state index is 0.348. The summed E-state index contributed by atoms with van der Waals surface area (Å²) in [5.74, 6) is 0.294. The zero-order valence-electron chi connectivity index (χ0n) is 9.36. The molecule has 1 saturated heterocycles. The molecule has 0 amide bonds. The molecular formula is C12H14O4. The molecule has 0 aromatic heterocycles. The number of benzene rings is 1. The lowest BCUT2D eigenvalue weighted by atomic mass is 9.91. The van der Waals surface area contributed by atoms with Crippen molar-refractivity contribution >= 4 is 5.97 Å². The Balaban J connectivity index is 2.52. The largest absolute Gasteiger partial charge is 0.496 e. The van der Waals surface area contributed by atoms with E-state index < -0.39 is 5.60 Å². The van der Waals surface area contributed by atoms with Crippen LogP contribution in [0.2, 0.25) is 0 Å². The summed E-state index contributed by atoms with van der Waals surface area (Å²) in [7, 11) is 3.08. The van der Waals surface area contributed by atoms with Crippen molar-refractivity contribution in [2.75, 3.05) is 20.8 Å². The first-order chi connectivity index (χ1) is 7.74. The molecule has 2 rings (SSSR count). The first-order valence-corrected chi connectivity index (χ1v) is 5.10. The fourth-order valence-electron chi connectivity index (χ4n) is 2.02. The summed E-state index contributed by atoms with van der Waals surface area (Å²) >= 11 is 0. The van der Waals surface area contributed by atoms with Crippen LogP contribution >= 0.6 is 0 Å². The molecule has 0 aliphatic carbocycles. The lowest BCUT2D eigenvalue weighted by Crippen LogP contribution is -2.34. The molecule has 1 aliphatic heterocycles. The van der Waals surface area contributed by atoms with Gasteiger partial charge in [0.1, 0.15) is 5.75 Å². The van der Waals surface area contributed by atoms with Gasteiger partial charge in [0.25, 0.3) is 0 Å². The molecular weight excluding hydrogens is 208 g/mol. The number of esters is 1. The van der Waals surface area contributed by atoms with Crippen molar-refractivity contribution in [2.45, 2.75) is 12.0 Å². The van der Waals surface area contributed by atoms with Gasteiger partial charge in [0.15, 0.2) is 5.60 Å². The highest BCUT2D eigenvalue weighted by molar-refractivity contribution is 5.84. The Hall–Kier alpha value is -1.55. The second kappa shape index (κ2) is 4.14. The summed E-state index contributed by atoms with van der Waals surface area (Å²) in [6.07, 6.45) is 0.517. The van der Waals surface area contributed by atoms with Crippen molar-refractivity contribution < 1.29 is 19.0 Å². The molecule has 1 heterocycles. The van der Waals surface area contributed by atoms with E-state index in [1.165, 1.54) is 7.11 Å². The number of carbonyl (C=O) groups excluding carboxylic acids is 1. The van der Waals surface area contributed by atoms with E-state index in [9.17, 15) is 4.79 Å². The normalized spacial score (nSPS) is 24.2. The highest BCUT2D eigenvalue weighted by atomic mass is 16.6. The van der Waals surface area contributed by atoms with Gasteiger partial charge in [-0.3, -0.25) is 0 Å². The summed E-state index contributed by atoms with van der Waals surface area (Å²) < 4.78 is 15.6. The van der Waals surface area contributed by atoms with Crippen molar-refractivity contribution in [3.63, 3.8) is 0 Å². The van der Waals surface area contributed by atoms with Crippen LogP contribution in [0.15, 0.2) is 24.3 Å². The van der Waals surface area contributed by atoms with Crippen LogP contribution in [0.3, 0.4) is 0 Å². The molecule has 1 aromatic rings. The third-order valence-electron chi connectivity index (χ3n) is 2.91. The predicted molar refractivity (Wildman–Crippen MR) is 57.3 cm³/mol. The summed E-state index contributed by atoms with van der Waals surface area (Å²) in [6.45, 7) is 0.380. The van der Waals surface area contributed by atoms with Crippen LogP contribution in [0, 0.1) is 0 Å². The Morgan fingerprint density at radius 3 is 2.62 bits per heavy atom. The van der Waals surface area contributed by atoms with Crippen molar-refractivity contribution in [3.8, 4) is 5.75 Å². The molecule has 1 unspecified atom stereocenters. The van der Waals surface area contributed by atoms with Gasteiger partial charge in [-0.1, -0.05) is 18.2 Å². The van der Waals surface area contributed by atoms with E-state index in [1.54, 1.807) is 7.11 Å². The third-order valence-corrected chi connectivity index (χ3v) is 2.91. The maximum absolute atomic E-state index is 11.8. The van der Waals surface area contributed by atoms with Gasteiger partial charge in [-0.25, -0.2) is 4.79 Å². The third kappa shape index (κ3) is 1.46. The number of hydrogen-bond donors (Lipinski definition) is 0. The molecule has 1 fully saturated rings. The van der Waals surface area contributed by atoms with Crippen molar-refractivity contribution in [1.29, 1.82) is 0 Å². The topological polar surface area (TPSA) is 44.8 Å². The van der Waals surface area contributed by atoms with Crippen molar-refractivity contribution in [2.24, 2.45) is 0 Å². The van der Waals surface area contributed by atoms with Crippen LogP contribution in [-0.2, 0) is 19.9 Å². The van der Waals surface area contributed by atoms with Crippen LogP contribution in [0.4, 0.5) is 0 Å². The van der Waals surface area contributed by atoms with Gasteiger partial charge in [0.2, 0.25) is 0 Å². The molecule has 1 aromatic carbocycles. The maximum Gasteiger partial charge on any atom is 0.343 e. The van der Waals surface area contributed by atoms with Crippen LogP contribution < -0.4 is 4.74 Å². The number of methoxy groups -OCH3 is 2. The average Bonchev–Trinajstić information content (AvgIpc) is 2.71. The minimum Gasteiger partial charge on any atom is -0.496 e. The Morgan fingerprint density at radius 2 is 2.06 bits per heavy atom. The number of carbonyl (C=O) groups is 1. The van der Waals surface area contributed by atoms with Gasteiger partial charge < -0.3 is 14.2 Å². The van der Waals surface area contributed by atoms with E-state index in [1.807, 2.05) is 24.3 Å². The SMILES string of the molecule is COc1ccccc1C1(OC)CCOC1=O. The minimum atomic E-state index is -1.01. The molecule has 0 bridgehead atoms. The lowest BCUT2D eigenvalue weighted by Gasteiger charge is -2.25. The van der Waals surface area contributed by atoms with Gasteiger partial charge in [0, 0.05) is 19.1 Å². The second-order valence-corrected chi connectivity index (χ2v) is 3.62. The van der Waals surface area contributed by atoms with Gasteiger partial charge in [-0.05, 0) is 6.07 Å². The Bertz CT molecular complexity index is 402. The fraction of sp³-hybridized carbons (Fsp3) is 0.417. The van der Waals surface area contributed by atoms with Gasteiger partial charge in [-0.15, -0.1) is 0 Å². The molecule has 4 nitrogen and oxygen atoms in total. The number of rotatable bonds is 3. The number of ether oxygens (including phenoxy) is 3. The van der Waals surface area contributed by atoms with Crippen LogP contribution in [0.25, 0.3) is 0 Å². The first-order valence-electron chi connectivity index (χ1n) is 5.10. The standard InChI is InChI=1S/C12H14O4/c1-14-10-6-4-3-5-9(10)12(15-2)7-8-16-11(12)13/h3-6H,7-8H2,1-2H3. The highest BCUT2D eigenvalue weighted by Gasteiger charge is 2.48. The maximum atomic E-state index is 11.8. The zero-order chi connectivity index (χ0) is 11.6. The van der Waals surface area contributed by atoms with Crippen LogP contribution in [0.1, 0.15) is 12.0 Å². The number of cyclic esters (lactones) is 1. The second-order valence-electron chi connectivity index (χ2n) is 3.62. The molecule has 86 valence electrons. The lowest BCUT2D eigenvalue weighted by molar-refractivity contribution is -0.157. The average molecular weight is 222 g/mol. The predicted octanol–water partition coefficient (Wildman–Crippen LogP) is 1.48. The molecule has 0 saturated carbocycles. The van der Waals surface area contributed by atoms with E-state index in [4.69, 9.17) is 14.2 Å². The van der Waals surface area contributed by atoms with E-state index in [2.05, 4.69) is 0 Å². The molecule has 16 heavy (non-hydrogen) atoms. The van der Waals surface area contributed by atoms with E-state index in [0.717, 1.165) is 5.56 Å². The summed E-state index contributed by atoms with van der Waals surface area (Å²) in [6, 6.07) is 7.34. The molecule has 0 N–H and O–H groups in total. The zero-order valence-corrected chi connectivity index (χ0v) is 9.36. The molecule has 0 spiro atoms. The Labute approximate surface area is 94.1 Å². The monoisotopic (exact) mass is 222 g/mol. The molecule has 1 aliphatic rings. The highest BCUT2D eigenvalue weighted by Crippen LogP contribution is 2.39. The Kier molecular flexibility index (Phi) is 2.83. The van der Waals surface area contributed by atoms with Crippen molar-refractivity contribution in [1.82, 2.24) is 0 Å². The number of hydrogen-bond acceptors (Lipinski definition) is 4. The fourth-order valence-corrected chi connectivity index (χ4v) is 2.02. The van der Waals surface area contributed by atoms with Gasteiger partial charge >= 0.3 is 5.97 Å². The molecule has 4 heteroatoms. The molecule has 1 atom stereocenters. The smallest absolute Gasteiger partial charge is 0.343 e. The van der Waals surface area contributed by atoms with Crippen molar-refractivity contribution in [3.05, 3.63) is 29.8 Å². The number of para-hydroxylation sites is 1. The van der Waals surface area contributed by atoms with E-state index in [-0.39, 0.29) is 5.97 Å². The van der Waals surface area contributed by atoms with E-state index in [0.29, 0.717) is 18.8 Å². The van der Waals surface area contributed by atoms with E-state index >= 15 is 0 Å². The van der Waals surface area contributed by atoms with Gasteiger partial charge in [0.05, 0.1) is 13.7 Å². The summed E-state index contributed by atoms with van der Waals surface area (Å²) in [5.41, 5.74) is -0.283. The summed E-state index contributed by atoms with van der Waals surface area (Å²) in [5, 5.41) is 0.